The van der Waals surface area contributed by atoms with Gasteiger partial charge in [-0.1, -0.05) is 19.9 Å². The van der Waals surface area contributed by atoms with Gasteiger partial charge in [0.25, 0.3) is 0 Å². The Kier molecular flexibility index (Phi) is 9.31. The molecular weight excluding hydrogens is 376 g/mol. The third kappa shape index (κ3) is 7.61. The summed E-state index contributed by atoms with van der Waals surface area (Å²) in [6, 6.07) is 4.12. The molecule has 3 N–H and O–H groups in total. The van der Waals surface area contributed by atoms with Crippen molar-refractivity contribution in [2.75, 3.05) is 32.7 Å². The molecule has 1 aromatic carbocycles. The van der Waals surface area contributed by atoms with E-state index in [-0.39, 0.29) is 30.0 Å². The number of nitrogens with one attached hydrogen (secondary N) is 3. The zero-order valence-corrected chi connectivity index (χ0v) is 17.6. The summed E-state index contributed by atoms with van der Waals surface area (Å²) < 4.78 is 27.9. The minimum absolute atomic E-state index is 0.0152. The minimum atomic E-state index is -0.501. The smallest absolute Gasteiger partial charge is 0.222 e. The number of amides is 1. The van der Waals surface area contributed by atoms with Crippen LogP contribution in [0.4, 0.5) is 8.78 Å². The SMILES string of the molecule is CCNC(=NCCNC(=O)C(C)C)NC1CCCN(Cc2c(F)cccc2F)C1. The van der Waals surface area contributed by atoms with E-state index in [4.69, 9.17) is 0 Å². The van der Waals surface area contributed by atoms with Crippen molar-refractivity contribution < 1.29 is 13.6 Å². The Bertz CT molecular complexity index is 675. The number of piperidine rings is 1. The number of carbonyl (C=O) groups is 1. The normalized spacial score (nSPS) is 18.0. The first kappa shape index (κ1) is 23.1. The topological polar surface area (TPSA) is 68.8 Å². The Morgan fingerprint density at radius 2 is 2.00 bits per heavy atom. The van der Waals surface area contributed by atoms with Crippen LogP contribution in [-0.4, -0.2) is 55.5 Å². The van der Waals surface area contributed by atoms with E-state index in [0.29, 0.717) is 25.6 Å². The molecule has 1 aliphatic rings. The molecule has 29 heavy (non-hydrogen) atoms. The largest absolute Gasteiger partial charge is 0.357 e. The maximum absolute atomic E-state index is 14.0. The zero-order valence-electron chi connectivity index (χ0n) is 17.6. The molecular formula is C21H33F2N5O. The average molecular weight is 410 g/mol. The molecule has 0 bridgehead atoms. The number of nitrogens with zero attached hydrogens (tertiary/aromatic N) is 2. The number of hydrogen-bond acceptors (Lipinski definition) is 3. The number of benzene rings is 1. The van der Waals surface area contributed by atoms with Gasteiger partial charge in [-0.05, 0) is 38.4 Å². The van der Waals surface area contributed by atoms with Crippen molar-refractivity contribution >= 4 is 11.9 Å². The van der Waals surface area contributed by atoms with Crippen molar-refractivity contribution in [3.8, 4) is 0 Å². The van der Waals surface area contributed by atoms with Gasteiger partial charge in [0.1, 0.15) is 11.6 Å². The Morgan fingerprint density at radius 1 is 1.28 bits per heavy atom. The summed E-state index contributed by atoms with van der Waals surface area (Å²) >= 11 is 0. The molecule has 1 atom stereocenters. The molecule has 162 valence electrons. The predicted octanol–water partition coefficient (Wildman–Crippen LogP) is 2.26. The molecule has 1 aliphatic heterocycles. The molecule has 1 unspecified atom stereocenters. The van der Waals surface area contributed by atoms with E-state index < -0.39 is 11.6 Å². The number of likely N-dealkylation sites (tertiary alicyclic amines) is 1. The van der Waals surface area contributed by atoms with Crippen molar-refractivity contribution in [2.45, 2.75) is 46.2 Å². The Morgan fingerprint density at radius 3 is 2.66 bits per heavy atom. The standard InChI is InChI=1S/C21H33F2N5O/c1-4-24-21(26-11-10-25-20(29)15(2)3)27-16-7-6-12-28(13-16)14-17-18(22)8-5-9-19(17)23/h5,8-9,15-16H,4,6-7,10-14H2,1-3H3,(H,25,29)(H2,24,26,27). The van der Waals surface area contributed by atoms with E-state index in [1.165, 1.54) is 18.2 Å². The van der Waals surface area contributed by atoms with Gasteiger partial charge in [-0.25, -0.2) is 8.78 Å². The Hall–Kier alpha value is -2.22. The first-order chi connectivity index (χ1) is 13.9. The monoisotopic (exact) mass is 409 g/mol. The van der Waals surface area contributed by atoms with E-state index in [2.05, 4.69) is 25.8 Å². The van der Waals surface area contributed by atoms with Crippen LogP contribution in [-0.2, 0) is 11.3 Å². The molecule has 0 aliphatic carbocycles. The maximum Gasteiger partial charge on any atom is 0.222 e. The number of halogens is 2. The van der Waals surface area contributed by atoms with Gasteiger partial charge >= 0.3 is 0 Å². The van der Waals surface area contributed by atoms with Crippen molar-refractivity contribution in [1.82, 2.24) is 20.9 Å². The fourth-order valence-corrected chi connectivity index (χ4v) is 3.29. The van der Waals surface area contributed by atoms with E-state index in [0.717, 1.165) is 25.9 Å². The molecule has 0 radical (unpaired) electrons. The molecule has 0 spiro atoms. The minimum Gasteiger partial charge on any atom is -0.357 e. The summed E-state index contributed by atoms with van der Waals surface area (Å²) in [6.45, 7) is 9.13. The van der Waals surface area contributed by atoms with Crippen LogP contribution in [0.5, 0.6) is 0 Å². The maximum atomic E-state index is 14.0. The van der Waals surface area contributed by atoms with Gasteiger partial charge in [-0.2, -0.15) is 0 Å². The summed E-state index contributed by atoms with van der Waals surface area (Å²) in [5.41, 5.74) is 0.120. The molecule has 0 saturated carbocycles. The molecule has 1 fully saturated rings. The predicted molar refractivity (Wildman–Crippen MR) is 112 cm³/mol. The molecule has 2 rings (SSSR count). The zero-order chi connectivity index (χ0) is 21.2. The van der Waals surface area contributed by atoms with Gasteiger partial charge in [0, 0.05) is 43.7 Å². The molecule has 1 amide bonds. The van der Waals surface area contributed by atoms with Crippen LogP contribution in [0.15, 0.2) is 23.2 Å². The molecule has 1 aromatic rings. The lowest BCUT2D eigenvalue weighted by atomic mass is 10.0. The van der Waals surface area contributed by atoms with Gasteiger partial charge in [-0.15, -0.1) is 0 Å². The van der Waals surface area contributed by atoms with Gasteiger partial charge < -0.3 is 16.0 Å². The Balaban J connectivity index is 1.88. The summed E-state index contributed by atoms with van der Waals surface area (Å²) in [5.74, 6) is -0.341. The van der Waals surface area contributed by atoms with Gasteiger partial charge in [0.2, 0.25) is 5.91 Å². The van der Waals surface area contributed by atoms with E-state index >= 15 is 0 Å². The highest BCUT2D eigenvalue weighted by atomic mass is 19.1. The molecule has 1 saturated heterocycles. The second-order valence-corrected chi connectivity index (χ2v) is 7.63. The fourth-order valence-electron chi connectivity index (χ4n) is 3.29. The summed E-state index contributed by atoms with van der Waals surface area (Å²) in [5, 5.41) is 9.47. The van der Waals surface area contributed by atoms with Crippen LogP contribution in [0.25, 0.3) is 0 Å². The highest BCUT2D eigenvalue weighted by molar-refractivity contribution is 5.80. The fraction of sp³-hybridized carbons (Fsp3) is 0.619. The van der Waals surface area contributed by atoms with E-state index in [9.17, 15) is 13.6 Å². The molecule has 6 nitrogen and oxygen atoms in total. The number of guanidine groups is 1. The van der Waals surface area contributed by atoms with E-state index in [1.807, 2.05) is 20.8 Å². The van der Waals surface area contributed by atoms with Crippen molar-refractivity contribution in [1.29, 1.82) is 0 Å². The number of rotatable bonds is 8. The first-order valence-electron chi connectivity index (χ1n) is 10.4. The quantitative estimate of drug-likeness (QED) is 0.350. The highest BCUT2D eigenvalue weighted by Gasteiger charge is 2.22. The van der Waals surface area contributed by atoms with Crippen molar-refractivity contribution in [3.63, 3.8) is 0 Å². The molecule has 1 heterocycles. The van der Waals surface area contributed by atoms with Crippen LogP contribution in [0.2, 0.25) is 0 Å². The van der Waals surface area contributed by atoms with Crippen LogP contribution >= 0.6 is 0 Å². The number of carbonyl (C=O) groups excluding carboxylic acids is 1. The molecule has 8 heteroatoms. The van der Waals surface area contributed by atoms with Crippen LogP contribution < -0.4 is 16.0 Å². The lowest BCUT2D eigenvalue weighted by Gasteiger charge is -2.34. The summed E-state index contributed by atoms with van der Waals surface area (Å²) in [4.78, 5) is 18.2. The summed E-state index contributed by atoms with van der Waals surface area (Å²) in [6.07, 6.45) is 1.91. The van der Waals surface area contributed by atoms with Crippen LogP contribution in [0.3, 0.4) is 0 Å². The van der Waals surface area contributed by atoms with Crippen molar-refractivity contribution in [3.05, 3.63) is 35.4 Å². The van der Waals surface area contributed by atoms with Gasteiger partial charge in [-0.3, -0.25) is 14.7 Å². The highest BCUT2D eigenvalue weighted by Crippen LogP contribution is 2.18. The molecule has 0 aromatic heterocycles. The van der Waals surface area contributed by atoms with Gasteiger partial charge in [0.15, 0.2) is 5.96 Å². The van der Waals surface area contributed by atoms with E-state index in [1.54, 1.807) is 0 Å². The van der Waals surface area contributed by atoms with Crippen molar-refractivity contribution in [2.24, 2.45) is 10.9 Å². The lowest BCUT2D eigenvalue weighted by Crippen LogP contribution is -2.51. The second kappa shape index (κ2) is 11.7. The number of hydrogen-bond donors (Lipinski definition) is 3. The summed E-state index contributed by atoms with van der Waals surface area (Å²) in [7, 11) is 0. The third-order valence-corrected chi connectivity index (χ3v) is 4.84. The Labute approximate surface area is 172 Å². The van der Waals surface area contributed by atoms with Gasteiger partial charge in [0.05, 0.1) is 6.54 Å². The third-order valence-electron chi connectivity index (χ3n) is 4.84. The van der Waals surface area contributed by atoms with Crippen LogP contribution in [0.1, 0.15) is 39.2 Å². The first-order valence-corrected chi connectivity index (χ1v) is 10.4. The van der Waals surface area contributed by atoms with Crippen LogP contribution in [0, 0.1) is 17.6 Å². The number of aliphatic imine (C=N–C) groups is 1. The lowest BCUT2D eigenvalue weighted by molar-refractivity contribution is -0.123. The average Bonchev–Trinajstić information content (AvgIpc) is 2.68. The second-order valence-electron chi connectivity index (χ2n) is 7.63.